The van der Waals surface area contributed by atoms with Crippen LogP contribution in [0.4, 0.5) is 0 Å². The highest BCUT2D eigenvalue weighted by Crippen LogP contribution is 2.34. The Hall–Kier alpha value is -0.940. The predicted octanol–water partition coefficient (Wildman–Crippen LogP) is 2.98. The van der Waals surface area contributed by atoms with Crippen LogP contribution in [0, 0.1) is 10.8 Å². The minimum atomic E-state index is -0.164. The first-order chi connectivity index (χ1) is 9.09. The molecule has 0 saturated heterocycles. The zero-order valence-corrected chi connectivity index (χ0v) is 14.1. The van der Waals surface area contributed by atoms with Crippen molar-refractivity contribution in [2.24, 2.45) is 10.8 Å². The van der Waals surface area contributed by atoms with E-state index in [2.05, 4.69) is 57.0 Å². The van der Waals surface area contributed by atoms with E-state index in [9.17, 15) is 0 Å². The van der Waals surface area contributed by atoms with E-state index in [4.69, 9.17) is 9.26 Å². The summed E-state index contributed by atoms with van der Waals surface area (Å²) < 4.78 is 10.9. The molecule has 0 spiro atoms. The van der Waals surface area contributed by atoms with Gasteiger partial charge in [0, 0.05) is 19.6 Å². The lowest BCUT2D eigenvalue weighted by Crippen LogP contribution is -2.39. The zero-order valence-electron chi connectivity index (χ0n) is 14.1. The van der Waals surface area contributed by atoms with E-state index in [-0.39, 0.29) is 23.0 Å². The third-order valence-electron chi connectivity index (χ3n) is 3.51. The number of rotatable bonds is 5. The first-order valence-electron chi connectivity index (χ1n) is 7.12. The van der Waals surface area contributed by atoms with Gasteiger partial charge in [0.2, 0.25) is 11.7 Å². The maximum Gasteiger partial charge on any atom is 0.228 e. The van der Waals surface area contributed by atoms with Gasteiger partial charge in [-0.15, -0.1) is 0 Å². The molecule has 0 bridgehead atoms. The number of methoxy groups -OCH3 is 1. The predicted molar refractivity (Wildman–Crippen MR) is 79.5 cm³/mol. The second kappa shape index (κ2) is 6.22. The van der Waals surface area contributed by atoms with Crippen LogP contribution >= 0.6 is 0 Å². The summed E-state index contributed by atoms with van der Waals surface area (Å²) in [4.78, 5) is 4.51. The fourth-order valence-corrected chi connectivity index (χ4v) is 2.32. The number of aromatic nitrogens is 2. The molecule has 2 atom stereocenters. The van der Waals surface area contributed by atoms with Crippen molar-refractivity contribution < 1.29 is 9.26 Å². The molecule has 0 amide bonds. The van der Waals surface area contributed by atoms with Gasteiger partial charge in [0.25, 0.3) is 0 Å². The topological polar surface area (TPSA) is 60.2 Å². The van der Waals surface area contributed by atoms with Gasteiger partial charge in [-0.25, -0.2) is 0 Å². The average molecular weight is 283 g/mol. The Morgan fingerprint density at radius 3 is 2.15 bits per heavy atom. The van der Waals surface area contributed by atoms with Gasteiger partial charge < -0.3 is 14.6 Å². The number of likely N-dealkylation sites (N-methyl/N-ethyl adjacent to an activating group) is 1. The van der Waals surface area contributed by atoms with E-state index in [0.717, 1.165) is 0 Å². The summed E-state index contributed by atoms with van der Waals surface area (Å²) in [6.07, 6.45) is 0.552. The maximum atomic E-state index is 5.51. The van der Waals surface area contributed by atoms with Crippen LogP contribution in [0.15, 0.2) is 4.52 Å². The molecule has 5 nitrogen and oxygen atoms in total. The average Bonchev–Trinajstić information content (AvgIpc) is 2.71. The second-order valence-electron chi connectivity index (χ2n) is 7.44. The van der Waals surface area contributed by atoms with Gasteiger partial charge in [-0.3, -0.25) is 0 Å². The molecule has 5 heteroatoms. The highest BCUT2D eigenvalue weighted by Gasteiger charge is 2.31. The van der Waals surface area contributed by atoms with Crippen LogP contribution in [0.1, 0.15) is 59.4 Å². The first kappa shape index (κ1) is 17.1. The molecular weight excluding hydrogens is 254 g/mol. The Kier molecular flexibility index (Phi) is 5.33. The van der Waals surface area contributed by atoms with Gasteiger partial charge in [-0.05, 0) is 17.9 Å². The van der Waals surface area contributed by atoms with E-state index >= 15 is 0 Å². The van der Waals surface area contributed by atoms with E-state index in [1.807, 2.05) is 7.05 Å². The zero-order chi connectivity index (χ0) is 15.6. The van der Waals surface area contributed by atoms with E-state index in [1.165, 1.54) is 0 Å². The molecule has 0 saturated carbocycles. The molecule has 20 heavy (non-hydrogen) atoms. The van der Waals surface area contributed by atoms with Gasteiger partial charge in [-0.2, -0.15) is 4.98 Å². The molecule has 1 N–H and O–H groups in total. The van der Waals surface area contributed by atoms with Crippen LogP contribution in [0.2, 0.25) is 0 Å². The van der Waals surface area contributed by atoms with Crippen molar-refractivity contribution in [2.75, 3.05) is 14.2 Å². The van der Waals surface area contributed by atoms with E-state index in [1.54, 1.807) is 7.11 Å². The fraction of sp³-hybridized carbons (Fsp3) is 0.867. The first-order valence-corrected chi connectivity index (χ1v) is 7.12. The molecular formula is C15H29N3O2. The quantitative estimate of drug-likeness (QED) is 0.900. The lowest BCUT2D eigenvalue weighted by Gasteiger charge is -2.29. The van der Waals surface area contributed by atoms with Crippen molar-refractivity contribution in [1.29, 1.82) is 0 Å². The smallest absolute Gasteiger partial charge is 0.228 e. The maximum absolute atomic E-state index is 5.51. The SMILES string of the molecule is CNC(Cc1nc(C(OC)C(C)(C)C)no1)C(C)(C)C. The van der Waals surface area contributed by atoms with Gasteiger partial charge >= 0.3 is 0 Å². The number of hydrogen-bond acceptors (Lipinski definition) is 5. The molecule has 1 heterocycles. The normalized spacial score (nSPS) is 16.2. The van der Waals surface area contributed by atoms with Crippen LogP contribution in [-0.4, -0.2) is 30.3 Å². The van der Waals surface area contributed by atoms with Crippen molar-refractivity contribution in [3.8, 4) is 0 Å². The summed E-state index contributed by atoms with van der Waals surface area (Å²) in [6, 6.07) is 0.284. The summed E-state index contributed by atoms with van der Waals surface area (Å²) in [6.45, 7) is 12.9. The Bertz CT molecular complexity index is 415. The minimum Gasteiger partial charge on any atom is -0.373 e. The third-order valence-corrected chi connectivity index (χ3v) is 3.51. The summed E-state index contributed by atoms with van der Waals surface area (Å²) in [5.41, 5.74) is 0.0659. The van der Waals surface area contributed by atoms with Crippen molar-refractivity contribution in [3.05, 3.63) is 11.7 Å². The Balaban J connectivity index is 2.87. The fourth-order valence-electron chi connectivity index (χ4n) is 2.32. The van der Waals surface area contributed by atoms with Crippen LogP contribution in [0.3, 0.4) is 0 Å². The summed E-state index contributed by atoms with van der Waals surface area (Å²) >= 11 is 0. The Morgan fingerprint density at radius 1 is 1.15 bits per heavy atom. The molecule has 0 aliphatic heterocycles. The molecule has 116 valence electrons. The summed E-state index contributed by atoms with van der Waals surface area (Å²) in [5, 5.41) is 7.40. The standard InChI is InChI=1S/C15H29N3O2/c1-14(2,3)10(16-7)9-11-17-13(18-20-11)12(19-8)15(4,5)6/h10,12,16H,9H2,1-8H3. The highest BCUT2D eigenvalue weighted by atomic mass is 16.5. The summed E-state index contributed by atoms with van der Waals surface area (Å²) in [5.74, 6) is 1.28. The van der Waals surface area contributed by atoms with Crippen LogP contribution in [-0.2, 0) is 11.2 Å². The Labute approximate surface area is 122 Å². The van der Waals surface area contributed by atoms with E-state index < -0.39 is 0 Å². The van der Waals surface area contributed by atoms with E-state index in [0.29, 0.717) is 18.1 Å². The van der Waals surface area contributed by atoms with Crippen molar-refractivity contribution in [1.82, 2.24) is 15.5 Å². The molecule has 1 rings (SSSR count). The number of nitrogens with zero attached hydrogens (tertiary/aromatic N) is 2. The second-order valence-corrected chi connectivity index (χ2v) is 7.44. The number of nitrogens with one attached hydrogen (secondary N) is 1. The summed E-state index contributed by atoms with van der Waals surface area (Å²) in [7, 11) is 3.64. The molecule has 0 aliphatic rings. The molecule has 1 aromatic rings. The van der Waals surface area contributed by atoms with Gasteiger partial charge in [0.15, 0.2) is 0 Å². The van der Waals surface area contributed by atoms with Gasteiger partial charge in [0.1, 0.15) is 6.10 Å². The molecule has 0 fully saturated rings. The number of ether oxygens (including phenoxy) is 1. The Morgan fingerprint density at radius 2 is 1.75 bits per heavy atom. The van der Waals surface area contributed by atoms with Gasteiger partial charge in [-0.1, -0.05) is 46.7 Å². The number of hydrogen-bond donors (Lipinski definition) is 1. The molecule has 2 unspecified atom stereocenters. The highest BCUT2D eigenvalue weighted by molar-refractivity contribution is 4.98. The van der Waals surface area contributed by atoms with Crippen LogP contribution in [0.5, 0.6) is 0 Å². The van der Waals surface area contributed by atoms with Crippen LogP contribution in [0.25, 0.3) is 0 Å². The molecule has 0 aliphatic carbocycles. The van der Waals surface area contributed by atoms with Crippen LogP contribution < -0.4 is 5.32 Å². The lowest BCUT2D eigenvalue weighted by molar-refractivity contribution is 0.00718. The monoisotopic (exact) mass is 283 g/mol. The molecule has 1 aromatic heterocycles. The van der Waals surface area contributed by atoms with Crippen molar-refractivity contribution in [3.63, 3.8) is 0 Å². The van der Waals surface area contributed by atoms with Gasteiger partial charge in [0.05, 0.1) is 0 Å². The molecule has 0 aromatic carbocycles. The minimum absolute atomic E-state index is 0.0671. The van der Waals surface area contributed by atoms with Crippen molar-refractivity contribution >= 4 is 0 Å². The van der Waals surface area contributed by atoms with Crippen molar-refractivity contribution in [2.45, 2.75) is 60.1 Å². The largest absolute Gasteiger partial charge is 0.373 e. The molecule has 0 radical (unpaired) electrons. The third kappa shape index (κ3) is 4.28. The lowest BCUT2D eigenvalue weighted by atomic mass is 9.85.